The molecule has 1 aromatic carbocycles. The molecule has 0 amide bonds. The van der Waals surface area contributed by atoms with Crippen LogP contribution in [0.3, 0.4) is 0 Å². The number of nitrogens with zero attached hydrogens (tertiary/aromatic N) is 5. The first kappa shape index (κ1) is 49.6. The van der Waals surface area contributed by atoms with E-state index in [1.165, 1.54) is 159 Å². The first-order chi connectivity index (χ1) is 26.5. The van der Waals surface area contributed by atoms with Gasteiger partial charge in [0.05, 0.1) is 6.33 Å². The maximum Gasteiger partial charge on any atom is 0.108 e. The summed E-state index contributed by atoms with van der Waals surface area (Å²) in [6, 6.07) is 11.3. The Morgan fingerprint density at radius 1 is 0.741 bits per heavy atom. The zero-order valence-electron chi connectivity index (χ0n) is 37.0. The lowest BCUT2D eigenvalue weighted by Crippen LogP contribution is -2.27. The van der Waals surface area contributed by atoms with Crippen molar-refractivity contribution in [1.29, 1.82) is 0 Å². The largest absolute Gasteiger partial charge is 0.338 e. The second kappa shape index (κ2) is 35.0. The van der Waals surface area contributed by atoms with Crippen molar-refractivity contribution in [3.05, 3.63) is 72.3 Å². The second-order valence-electron chi connectivity index (χ2n) is 15.6. The van der Waals surface area contributed by atoms with Gasteiger partial charge in [-0.1, -0.05) is 149 Å². The molecule has 6 nitrogen and oxygen atoms in total. The number of aryl methyl sites for hydroxylation is 4. The molecule has 3 heterocycles. The second-order valence-corrected chi connectivity index (χ2v) is 15.6. The number of hydrogen-bond acceptors (Lipinski definition) is 4. The van der Waals surface area contributed by atoms with E-state index in [1.807, 2.05) is 23.0 Å². The average molecular weight is 749 g/mol. The third-order valence-electron chi connectivity index (χ3n) is 10.9. The highest BCUT2D eigenvalue weighted by Gasteiger charge is 2.13. The summed E-state index contributed by atoms with van der Waals surface area (Å²) in [5, 5.41) is 3.52. The molecule has 3 aliphatic rings. The molecule has 6 heteroatoms. The van der Waals surface area contributed by atoms with E-state index in [4.69, 9.17) is 0 Å². The van der Waals surface area contributed by atoms with E-state index in [9.17, 15) is 0 Å². The number of fused-ring (bicyclic) bond motifs is 1. The van der Waals surface area contributed by atoms with Gasteiger partial charge in [0.2, 0.25) is 0 Å². The van der Waals surface area contributed by atoms with Gasteiger partial charge < -0.3 is 19.4 Å². The molecule has 6 rings (SSSR count). The van der Waals surface area contributed by atoms with Crippen molar-refractivity contribution >= 4 is 0 Å². The van der Waals surface area contributed by atoms with Crippen LogP contribution >= 0.6 is 0 Å². The standard InChI is InChI=1S/C9H14N2.C9H19N.C9H21N.C8H10.C8H16.C5H8N2/c1-2-8-7-10-9-5-3-4-6-11(8)9;1-2-10-9-7-5-3-4-6-8-9;1-4-6-7-9-10(3)8-5-2;1-2-8-6-4-3-5-7-8;1-2-5-8-6-3-4-7-8;1-2-7-4-3-6-5-7/h7H,2-6H2,1H3;9-10H,2-8H2,1H3;4-9H2,1-3H3;3-7H,2H2,1H3;8H,2-7H2,1H3;3-5H,2H2,1H3. The molecule has 2 aliphatic carbocycles. The Morgan fingerprint density at radius 2 is 1.44 bits per heavy atom. The van der Waals surface area contributed by atoms with Gasteiger partial charge in [-0.3, -0.25) is 0 Å². The number of aromatic nitrogens is 4. The van der Waals surface area contributed by atoms with Crippen LogP contribution in [0.5, 0.6) is 0 Å². The van der Waals surface area contributed by atoms with Crippen molar-refractivity contribution in [2.24, 2.45) is 5.92 Å². The van der Waals surface area contributed by atoms with E-state index < -0.39 is 0 Å². The van der Waals surface area contributed by atoms with Gasteiger partial charge >= 0.3 is 0 Å². The highest BCUT2D eigenvalue weighted by molar-refractivity contribution is 5.13. The number of rotatable bonds is 13. The molecule has 0 bridgehead atoms. The molecule has 1 aliphatic heterocycles. The molecular formula is C48H88N6. The van der Waals surface area contributed by atoms with Crippen LogP contribution in [0.15, 0.2) is 55.2 Å². The Hall–Kier alpha value is -2.44. The van der Waals surface area contributed by atoms with Gasteiger partial charge in [0.15, 0.2) is 0 Å². The maximum absolute atomic E-state index is 4.39. The van der Waals surface area contributed by atoms with E-state index in [2.05, 4.69) is 105 Å². The van der Waals surface area contributed by atoms with Gasteiger partial charge in [-0.05, 0) is 96.5 Å². The van der Waals surface area contributed by atoms with Crippen LogP contribution in [0.2, 0.25) is 0 Å². The topological polar surface area (TPSA) is 50.9 Å². The van der Waals surface area contributed by atoms with Gasteiger partial charge in [0.25, 0.3) is 0 Å². The predicted molar refractivity (Wildman–Crippen MR) is 238 cm³/mol. The molecule has 2 saturated carbocycles. The lowest BCUT2D eigenvalue weighted by Gasteiger charge is -2.15. The summed E-state index contributed by atoms with van der Waals surface area (Å²) in [6.45, 7) is 21.3. The Kier molecular flexibility index (Phi) is 32.1. The van der Waals surface area contributed by atoms with E-state index in [0.29, 0.717) is 0 Å². The molecule has 2 fully saturated rings. The fraction of sp³-hybridized carbons (Fsp3) is 0.750. The summed E-state index contributed by atoms with van der Waals surface area (Å²) in [5.41, 5.74) is 2.81. The minimum Gasteiger partial charge on any atom is -0.338 e. The summed E-state index contributed by atoms with van der Waals surface area (Å²) in [5.74, 6) is 2.41. The Bertz CT molecular complexity index is 1150. The normalized spacial score (nSPS) is 15.4. The molecule has 310 valence electrons. The van der Waals surface area contributed by atoms with Crippen LogP contribution in [0.25, 0.3) is 0 Å². The van der Waals surface area contributed by atoms with Gasteiger partial charge in [0.1, 0.15) is 5.82 Å². The molecular weight excluding hydrogens is 661 g/mol. The van der Waals surface area contributed by atoms with Crippen molar-refractivity contribution in [3.8, 4) is 0 Å². The quantitative estimate of drug-likeness (QED) is 0.140. The Balaban J connectivity index is 0.000000326. The summed E-state index contributed by atoms with van der Waals surface area (Å²) >= 11 is 0. The van der Waals surface area contributed by atoms with Crippen LogP contribution in [0.4, 0.5) is 0 Å². The van der Waals surface area contributed by atoms with E-state index >= 15 is 0 Å². The Labute approximate surface area is 335 Å². The van der Waals surface area contributed by atoms with Crippen LogP contribution in [-0.2, 0) is 32.4 Å². The van der Waals surface area contributed by atoms with Crippen molar-refractivity contribution in [2.75, 3.05) is 26.7 Å². The monoisotopic (exact) mass is 749 g/mol. The number of unbranched alkanes of at least 4 members (excludes halogenated alkanes) is 2. The SMILES string of the molecule is CCCC1CCCC1.CCCCCN(C)CCC.CCNC1CCCCCC1.CCc1ccccc1.CCc1cnc2n1CCCC2.CCn1ccnc1. The zero-order chi connectivity index (χ0) is 39.5. The van der Waals surface area contributed by atoms with Crippen molar-refractivity contribution in [2.45, 2.75) is 202 Å². The molecule has 0 radical (unpaired) electrons. The minimum atomic E-state index is 0.840. The lowest BCUT2D eigenvalue weighted by atomic mass is 10.0. The van der Waals surface area contributed by atoms with Crippen molar-refractivity contribution in [3.63, 3.8) is 0 Å². The summed E-state index contributed by atoms with van der Waals surface area (Å²) in [4.78, 5) is 10.7. The van der Waals surface area contributed by atoms with Gasteiger partial charge in [0, 0.05) is 49.8 Å². The molecule has 1 N–H and O–H groups in total. The van der Waals surface area contributed by atoms with Gasteiger partial charge in [-0.2, -0.15) is 0 Å². The molecule has 2 aromatic heterocycles. The minimum absolute atomic E-state index is 0.840. The summed E-state index contributed by atoms with van der Waals surface area (Å²) in [6.07, 6.45) is 36.6. The molecule has 0 atom stereocenters. The third kappa shape index (κ3) is 24.9. The number of hydrogen-bond donors (Lipinski definition) is 1. The third-order valence-corrected chi connectivity index (χ3v) is 10.9. The molecule has 0 saturated heterocycles. The molecule has 0 unspecified atom stereocenters. The zero-order valence-corrected chi connectivity index (χ0v) is 37.0. The van der Waals surface area contributed by atoms with Crippen LogP contribution in [-0.4, -0.2) is 56.7 Å². The molecule has 54 heavy (non-hydrogen) atoms. The first-order valence-electron chi connectivity index (χ1n) is 22.9. The molecule has 0 spiro atoms. The van der Waals surface area contributed by atoms with Gasteiger partial charge in [-0.25, -0.2) is 9.97 Å². The highest BCUT2D eigenvalue weighted by Crippen LogP contribution is 2.28. The van der Waals surface area contributed by atoms with Gasteiger partial charge in [-0.15, -0.1) is 0 Å². The summed E-state index contributed by atoms with van der Waals surface area (Å²) in [7, 11) is 2.21. The fourth-order valence-corrected chi connectivity index (χ4v) is 7.55. The fourth-order valence-electron chi connectivity index (χ4n) is 7.55. The number of nitrogens with one attached hydrogen (secondary N) is 1. The lowest BCUT2D eigenvalue weighted by molar-refractivity contribution is 0.326. The Morgan fingerprint density at radius 3 is 1.96 bits per heavy atom. The van der Waals surface area contributed by atoms with Crippen LogP contribution in [0.1, 0.15) is 181 Å². The predicted octanol–water partition coefficient (Wildman–Crippen LogP) is 12.7. The average Bonchev–Trinajstić information content (AvgIpc) is 3.98. The van der Waals surface area contributed by atoms with Crippen molar-refractivity contribution < 1.29 is 0 Å². The van der Waals surface area contributed by atoms with E-state index in [0.717, 1.165) is 37.9 Å². The maximum atomic E-state index is 4.39. The molecule has 3 aromatic rings. The number of benzene rings is 1. The van der Waals surface area contributed by atoms with E-state index in [-0.39, 0.29) is 0 Å². The first-order valence-corrected chi connectivity index (χ1v) is 22.9. The summed E-state index contributed by atoms with van der Waals surface area (Å²) < 4.78 is 4.39. The van der Waals surface area contributed by atoms with E-state index in [1.54, 1.807) is 12.5 Å². The van der Waals surface area contributed by atoms with Crippen LogP contribution in [0, 0.1) is 5.92 Å². The smallest absolute Gasteiger partial charge is 0.108 e. The highest BCUT2D eigenvalue weighted by atomic mass is 15.1. The van der Waals surface area contributed by atoms with Crippen molar-refractivity contribution in [1.82, 2.24) is 29.3 Å². The number of imidazole rings is 2. The van der Waals surface area contributed by atoms with Crippen LogP contribution < -0.4 is 5.32 Å².